The summed E-state index contributed by atoms with van der Waals surface area (Å²) in [5, 5.41) is 12.8. The van der Waals surface area contributed by atoms with Gasteiger partial charge in [-0.25, -0.2) is 17.9 Å². The van der Waals surface area contributed by atoms with Crippen molar-refractivity contribution in [1.82, 2.24) is 19.5 Å². The first-order chi connectivity index (χ1) is 23.2. The number of fused-ring (bicyclic) bond motifs is 5. The molecule has 0 unspecified atom stereocenters. The molecule has 0 bridgehead atoms. The van der Waals surface area contributed by atoms with Gasteiger partial charge in [-0.05, 0) is 82.8 Å². The molecular formula is C36H48N4O8S. The fourth-order valence-electron chi connectivity index (χ4n) is 6.80. The van der Waals surface area contributed by atoms with Crippen LogP contribution >= 0.6 is 0 Å². The van der Waals surface area contributed by atoms with Gasteiger partial charge in [0.1, 0.15) is 18.0 Å². The smallest absolute Gasteiger partial charge is 0.407 e. The minimum Gasteiger partial charge on any atom is -0.491 e. The molecule has 3 N–H and O–H groups in total. The summed E-state index contributed by atoms with van der Waals surface area (Å²) in [7, 11) is -2.05. The zero-order valence-electron chi connectivity index (χ0n) is 28.8. The standard InChI is InChI=1S/C36H48N4O8S/c1-36(2,3)48-35(44)37-18-19-39(4)26-22-40-29-21-25(34(43)38-49(45,46)20-10-15-31(41)42)16-17-27(29)32(24-11-6-5-7-12-24)33(40)28-13-8-9-14-30(28)47-23-26/h8-9,13-14,16-17,21,24,26H,5-7,10-12,15,18-20,22-23H2,1-4H3,(H,37,44)(H,38,43)(H,41,42)/t26-/m1/s1. The number of carbonyl (C=O) groups excluding carboxylic acids is 2. The molecule has 1 atom stereocenters. The average molecular weight is 697 g/mol. The molecule has 0 saturated heterocycles. The first-order valence-corrected chi connectivity index (χ1v) is 18.7. The lowest BCUT2D eigenvalue weighted by Crippen LogP contribution is -2.44. The van der Waals surface area contributed by atoms with Crippen molar-refractivity contribution in [3.8, 4) is 17.0 Å². The number of aliphatic carboxylic acids is 1. The number of carbonyl (C=O) groups is 3. The summed E-state index contributed by atoms with van der Waals surface area (Å²) in [5.41, 5.74) is 3.66. The number of sulfonamides is 1. The highest BCUT2D eigenvalue weighted by Crippen LogP contribution is 2.47. The third-order valence-electron chi connectivity index (χ3n) is 9.15. The summed E-state index contributed by atoms with van der Waals surface area (Å²) in [6, 6.07) is 13.2. The van der Waals surface area contributed by atoms with Gasteiger partial charge >= 0.3 is 12.1 Å². The highest BCUT2D eigenvalue weighted by Gasteiger charge is 2.32. The number of alkyl carbamates (subject to hydrolysis) is 1. The number of nitrogens with one attached hydrogen (secondary N) is 2. The van der Waals surface area contributed by atoms with Crippen molar-refractivity contribution in [3.05, 3.63) is 53.6 Å². The summed E-state index contributed by atoms with van der Waals surface area (Å²) in [5.74, 6) is -1.25. The van der Waals surface area contributed by atoms with E-state index >= 15 is 0 Å². The van der Waals surface area contributed by atoms with Gasteiger partial charge in [0.25, 0.3) is 5.91 Å². The van der Waals surface area contributed by atoms with Crippen LogP contribution in [-0.4, -0.2) is 85.1 Å². The molecule has 5 rings (SSSR count). The van der Waals surface area contributed by atoms with Gasteiger partial charge < -0.3 is 24.5 Å². The molecule has 13 heteroatoms. The predicted molar refractivity (Wildman–Crippen MR) is 187 cm³/mol. The number of ether oxygens (including phenoxy) is 2. The topological polar surface area (TPSA) is 156 Å². The lowest BCUT2D eigenvalue weighted by molar-refractivity contribution is -0.137. The van der Waals surface area contributed by atoms with Gasteiger partial charge in [-0.15, -0.1) is 0 Å². The number of para-hydroxylation sites is 1. The lowest BCUT2D eigenvalue weighted by atomic mass is 9.81. The summed E-state index contributed by atoms with van der Waals surface area (Å²) in [4.78, 5) is 38.7. The first kappa shape index (κ1) is 36.2. The zero-order chi connectivity index (χ0) is 35.3. The molecule has 1 aromatic heterocycles. The molecule has 266 valence electrons. The minimum atomic E-state index is -4.03. The molecule has 1 aliphatic carbocycles. The summed E-state index contributed by atoms with van der Waals surface area (Å²) in [6.07, 6.45) is 4.67. The largest absolute Gasteiger partial charge is 0.491 e. The van der Waals surface area contributed by atoms with Crippen LogP contribution in [0.3, 0.4) is 0 Å². The molecule has 2 amide bonds. The second kappa shape index (κ2) is 15.2. The van der Waals surface area contributed by atoms with Crippen molar-refractivity contribution in [2.45, 2.75) is 89.8 Å². The van der Waals surface area contributed by atoms with Gasteiger partial charge in [0.15, 0.2) is 0 Å². The van der Waals surface area contributed by atoms with E-state index in [0.29, 0.717) is 32.2 Å². The third-order valence-corrected chi connectivity index (χ3v) is 10.5. The number of carboxylic acids is 1. The number of rotatable bonds is 11. The van der Waals surface area contributed by atoms with Crippen LogP contribution in [0.1, 0.15) is 87.6 Å². The van der Waals surface area contributed by atoms with Crippen molar-refractivity contribution >= 4 is 38.9 Å². The summed E-state index contributed by atoms with van der Waals surface area (Å²) >= 11 is 0. The van der Waals surface area contributed by atoms with E-state index in [0.717, 1.165) is 53.6 Å². The number of hydrogen-bond acceptors (Lipinski definition) is 8. The number of amides is 2. The van der Waals surface area contributed by atoms with Crippen LogP contribution in [0.4, 0.5) is 4.79 Å². The Kier molecular flexibility index (Phi) is 11.2. The first-order valence-electron chi connectivity index (χ1n) is 17.0. The van der Waals surface area contributed by atoms with Crippen molar-refractivity contribution in [2.24, 2.45) is 0 Å². The molecule has 0 spiro atoms. The third kappa shape index (κ3) is 9.13. The van der Waals surface area contributed by atoms with Crippen LogP contribution < -0.4 is 14.8 Å². The molecule has 1 aliphatic heterocycles. The maximum Gasteiger partial charge on any atom is 0.407 e. The monoisotopic (exact) mass is 696 g/mol. The van der Waals surface area contributed by atoms with E-state index in [1.54, 1.807) is 12.1 Å². The van der Waals surface area contributed by atoms with Gasteiger partial charge in [-0.1, -0.05) is 37.5 Å². The van der Waals surface area contributed by atoms with E-state index in [4.69, 9.17) is 14.6 Å². The lowest BCUT2D eigenvalue weighted by Gasteiger charge is -2.32. The Bertz CT molecular complexity index is 1790. The second-order valence-electron chi connectivity index (χ2n) is 14.1. The van der Waals surface area contributed by atoms with Gasteiger partial charge in [0, 0.05) is 48.1 Å². The molecule has 1 fully saturated rings. The van der Waals surface area contributed by atoms with E-state index in [2.05, 4.69) is 25.6 Å². The van der Waals surface area contributed by atoms with Crippen molar-refractivity contribution < 1.29 is 37.4 Å². The maximum atomic E-state index is 13.3. The number of carboxylic acid groups (broad SMARTS) is 1. The second-order valence-corrected chi connectivity index (χ2v) is 15.9. The Labute approximate surface area is 288 Å². The molecule has 3 aromatic rings. The predicted octanol–water partition coefficient (Wildman–Crippen LogP) is 5.50. The van der Waals surface area contributed by atoms with Gasteiger partial charge in [0.05, 0.1) is 17.5 Å². The van der Waals surface area contributed by atoms with E-state index in [-0.39, 0.29) is 24.4 Å². The van der Waals surface area contributed by atoms with Crippen LogP contribution in [0.25, 0.3) is 22.2 Å². The molecule has 49 heavy (non-hydrogen) atoms. The van der Waals surface area contributed by atoms with E-state index in [9.17, 15) is 22.8 Å². The molecule has 2 aliphatic rings. The molecule has 2 heterocycles. The van der Waals surface area contributed by atoms with Crippen LogP contribution in [0.5, 0.6) is 5.75 Å². The Morgan fingerprint density at radius 2 is 1.82 bits per heavy atom. The minimum absolute atomic E-state index is 0.0996. The Hall–Kier alpha value is -4.10. The van der Waals surface area contributed by atoms with Crippen molar-refractivity contribution in [2.75, 3.05) is 32.5 Å². The highest BCUT2D eigenvalue weighted by molar-refractivity contribution is 7.90. The number of likely N-dealkylation sites (N-methyl/N-ethyl adjacent to an activating group) is 1. The maximum absolute atomic E-state index is 13.3. The van der Waals surface area contributed by atoms with E-state index in [1.807, 2.05) is 52.1 Å². The molecular weight excluding hydrogens is 648 g/mol. The van der Waals surface area contributed by atoms with Crippen LogP contribution in [-0.2, 0) is 26.1 Å². The van der Waals surface area contributed by atoms with Crippen LogP contribution in [0.2, 0.25) is 0 Å². The molecule has 0 radical (unpaired) electrons. The van der Waals surface area contributed by atoms with Crippen LogP contribution in [0.15, 0.2) is 42.5 Å². The Morgan fingerprint density at radius 3 is 2.53 bits per heavy atom. The Morgan fingerprint density at radius 1 is 1.08 bits per heavy atom. The Balaban J connectivity index is 1.53. The zero-order valence-corrected chi connectivity index (χ0v) is 29.6. The summed E-state index contributed by atoms with van der Waals surface area (Å²) in [6.45, 7) is 7.27. The van der Waals surface area contributed by atoms with E-state index in [1.165, 1.54) is 12.0 Å². The van der Waals surface area contributed by atoms with Gasteiger partial charge in [0.2, 0.25) is 10.0 Å². The number of aromatic nitrogens is 1. The van der Waals surface area contributed by atoms with Gasteiger partial charge in [-0.3, -0.25) is 14.5 Å². The number of nitrogens with zero attached hydrogens (tertiary/aromatic N) is 2. The molecule has 1 saturated carbocycles. The van der Waals surface area contributed by atoms with Crippen molar-refractivity contribution in [3.63, 3.8) is 0 Å². The normalized spacial score (nSPS) is 17.0. The quantitative estimate of drug-likeness (QED) is 0.236. The summed E-state index contributed by atoms with van der Waals surface area (Å²) < 4.78 is 41.6. The molecule has 2 aromatic carbocycles. The average Bonchev–Trinajstić information content (AvgIpc) is 3.33. The number of benzene rings is 2. The molecule has 12 nitrogen and oxygen atoms in total. The fraction of sp³-hybridized carbons (Fsp3) is 0.528. The van der Waals surface area contributed by atoms with Crippen molar-refractivity contribution in [1.29, 1.82) is 0 Å². The van der Waals surface area contributed by atoms with Crippen LogP contribution in [0, 0.1) is 0 Å². The SMILES string of the molecule is CN(CCNC(=O)OC(C)(C)C)[C@H]1COc2ccccc2-c2c(C3CCCCC3)c3ccc(C(=O)NS(=O)(=O)CCCC(=O)O)cc3n2C1. The highest BCUT2D eigenvalue weighted by atomic mass is 32.2. The van der Waals surface area contributed by atoms with E-state index < -0.39 is 39.3 Å². The van der Waals surface area contributed by atoms with Gasteiger partial charge in [-0.2, -0.15) is 0 Å². The number of hydrogen-bond donors (Lipinski definition) is 3. The fourth-order valence-corrected chi connectivity index (χ4v) is 7.83.